The van der Waals surface area contributed by atoms with Crippen LogP contribution in [0.3, 0.4) is 0 Å². The van der Waals surface area contributed by atoms with E-state index in [0.29, 0.717) is 6.61 Å². The average Bonchev–Trinajstić information content (AvgIpc) is 2.15. The van der Waals surface area contributed by atoms with Crippen molar-refractivity contribution in [1.29, 1.82) is 0 Å². The molecule has 0 spiro atoms. The Kier molecular flexibility index (Phi) is 4.08. The minimum absolute atomic E-state index is 0.272. The molecule has 1 aromatic carbocycles. The van der Waals surface area contributed by atoms with Crippen molar-refractivity contribution in [2.45, 2.75) is 12.4 Å². The van der Waals surface area contributed by atoms with Gasteiger partial charge in [-0.3, -0.25) is 0 Å². The van der Waals surface area contributed by atoms with Gasteiger partial charge in [0.25, 0.3) is 0 Å². The Morgan fingerprint density at radius 3 is 2.67 bits per heavy atom. The molecule has 0 aliphatic carbocycles. The third-order valence-electron chi connectivity index (χ3n) is 1.42. The second-order valence-electron chi connectivity index (χ2n) is 2.32. The SMILES string of the molecule is CCONC(Cl)c1ccccc1. The van der Waals surface area contributed by atoms with Crippen molar-refractivity contribution in [3.05, 3.63) is 35.9 Å². The van der Waals surface area contributed by atoms with Crippen LogP contribution in [-0.2, 0) is 4.84 Å². The Morgan fingerprint density at radius 2 is 2.08 bits per heavy atom. The summed E-state index contributed by atoms with van der Waals surface area (Å²) in [4.78, 5) is 4.97. The van der Waals surface area contributed by atoms with E-state index in [2.05, 4.69) is 5.48 Å². The van der Waals surface area contributed by atoms with Crippen LogP contribution in [0.15, 0.2) is 30.3 Å². The van der Waals surface area contributed by atoms with Crippen LogP contribution < -0.4 is 5.48 Å². The number of rotatable bonds is 4. The summed E-state index contributed by atoms with van der Waals surface area (Å²) in [5, 5.41) is 0. The summed E-state index contributed by atoms with van der Waals surface area (Å²) < 4.78 is 0. The van der Waals surface area contributed by atoms with E-state index in [1.165, 1.54) is 0 Å². The molecule has 1 aromatic rings. The maximum absolute atomic E-state index is 5.95. The number of hydrogen-bond acceptors (Lipinski definition) is 2. The molecule has 0 aromatic heterocycles. The van der Waals surface area contributed by atoms with E-state index in [1.807, 2.05) is 37.3 Å². The third-order valence-corrected chi connectivity index (χ3v) is 1.76. The lowest BCUT2D eigenvalue weighted by atomic mass is 10.2. The number of nitrogens with one attached hydrogen (secondary N) is 1. The fourth-order valence-corrected chi connectivity index (χ4v) is 1.06. The van der Waals surface area contributed by atoms with Gasteiger partial charge in [-0.2, -0.15) is 5.48 Å². The summed E-state index contributed by atoms with van der Waals surface area (Å²) in [6.45, 7) is 2.51. The number of hydrogen-bond donors (Lipinski definition) is 1. The summed E-state index contributed by atoms with van der Waals surface area (Å²) in [5.41, 5.74) is 3.45. The Hall–Kier alpha value is -0.570. The largest absolute Gasteiger partial charge is 0.300 e. The van der Waals surface area contributed by atoms with Gasteiger partial charge in [-0.05, 0) is 12.5 Å². The van der Waals surface area contributed by atoms with Crippen molar-refractivity contribution in [2.75, 3.05) is 6.61 Å². The minimum Gasteiger partial charge on any atom is -0.300 e. The van der Waals surface area contributed by atoms with Crippen LogP contribution in [0.1, 0.15) is 18.0 Å². The molecule has 0 amide bonds. The van der Waals surface area contributed by atoms with Crippen LogP contribution in [-0.4, -0.2) is 6.61 Å². The molecule has 0 bridgehead atoms. The fourth-order valence-electron chi connectivity index (χ4n) is 0.847. The summed E-state index contributed by atoms with van der Waals surface area (Å²) in [6, 6.07) is 9.73. The second kappa shape index (κ2) is 5.14. The van der Waals surface area contributed by atoms with Crippen LogP contribution in [0.4, 0.5) is 0 Å². The van der Waals surface area contributed by atoms with Gasteiger partial charge in [0, 0.05) is 0 Å². The number of benzene rings is 1. The van der Waals surface area contributed by atoms with E-state index in [1.54, 1.807) is 0 Å². The molecule has 0 fully saturated rings. The van der Waals surface area contributed by atoms with Crippen molar-refractivity contribution in [1.82, 2.24) is 5.48 Å². The van der Waals surface area contributed by atoms with E-state index in [-0.39, 0.29) is 5.50 Å². The number of halogens is 1. The molecule has 1 N–H and O–H groups in total. The predicted molar refractivity (Wildman–Crippen MR) is 49.8 cm³/mol. The molecule has 0 aliphatic heterocycles. The summed E-state index contributed by atoms with van der Waals surface area (Å²) in [6.07, 6.45) is 0. The Labute approximate surface area is 77.4 Å². The highest BCUT2D eigenvalue weighted by Crippen LogP contribution is 2.15. The molecule has 0 saturated carbocycles. The molecule has 3 heteroatoms. The molecule has 66 valence electrons. The van der Waals surface area contributed by atoms with Crippen LogP contribution in [0.5, 0.6) is 0 Å². The molecular weight excluding hydrogens is 174 g/mol. The zero-order valence-electron chi connectivity index (χ0n) is 6.96. The highest BCUT2D eigenvalue weighted by atomic mass is 35.5. The van der Waals surface area contributed by atoms with E-state index < -0.39 is 0 Å². The van der Waals surface area contributed by atoms with E-state index in [9.17, 15) is 0 Å². The lowest BCUT2D eigenvalue weighted by Crippen LogP contribution is -2.16. The zero-order valence-corrected chi connectivity index (χ0v) is 7.71. The van der Waals surface area contributed by atoms with Gasteiger partial charge in [-0.25, -0.2) is 0 Å². The molecule has 1 atom stereocenters. The van der Waals surface area contributed by atoms with Crippen LogP contribution in [0, 0.1) is 0 Å². The minimum atomic E-state index is -0.272. The molecule has 2 nitrogen and oxygen atoms in total. The fraction of sp³-hybridized carbons (Fsp3) is 0.333. The molecule has 1 rings (SSSR count). The topological polar surface area (TPSA) is 21.3 Å². The smallest absolute Gasteiger partial charge is 0.131 e. The maximum Gasteiger partial charge on any atom is 0.131 e. The van der Waals surface area contributed by atoms with Crippen LogP contribution in [0.2, 0.25) is 0 Å². The van der Waals surface area contributed by atoms with Gasteiger partial charge in [0.05, 0.1) is 6.61 Å². The monoisotopic (exact) mass is 185 g/mol. The zero-order chi connectivity index (χ0) is 8.81. The molecular formula is C9H12ClNO. The van der Waals surface area contributed by atoms with Crippen molar-refractivity contribution >= 4 is 11.6 Å². The van der Waals surface area contributed by atoms with Crippen LogP contribution >= 0.6 is 11.6 Å². The maximum atomic E-state index is 5.95. The predicted octanol–water partition coefficient (Wildman–Crippen LogP) is 2.47. The lowest BCUT2D eigenvalue weighted by Gasteiger charge is -2.10. The second-order valence-corrected chi connectivity index (χ2v) is 2.76. The summed E-state index contributed by atoms with van der Waals surface area (Å²) in [5.74, 6) is 0. The van der Waals surface area contributed by atoms with Crippen molar-refractivity contribution in [2.24, 2.45) is 0 Å². The first-order valence-corrected chi connectivity index (χ1v) is 4.34. The van der Waals surface area contributed by atoms with Gasteiger partial charge in [-0.15, -0.1) is 0 Å². The standard InChI is InChI=1S/C9H12ClNO/c1-2-12-11-9(10)8-6-4-3-5-7-8/h3-7,9,11H,2H2,1H3. The Balaban J connectivity index is 2.48. The van der Waals surface area contributed by atoms with Crippen molar-refractivity contribution in [3.63, 3.8) is 0 Å². The van der Waals surface area contributed by atoms with E-state index >= 15 is 0 Å². The first-order valence-electron chi connectivity index (χ1n) is 3.91. The highest BCUT2D eigenvalue weighted by Gasteiger charge is 2.04. The molecule has 12 heavy (non-hydrogen) atoms. The summed E-state index contributed by atoms with van der Waals surface area (Å²) in [7, 11) is 0. The molecule has 0 radical (unpaired) electrons. The van der Waals surface area contributed by atoms with Gasteiger partial charge in [0.1, 0.15) is 5.50 Å². The van der Waals surface area contributed by atoms with E-state index in [4.69, 9.17) is 16.4 Å². The van der Waals surface area contributed by atoms with Gasteiger partial charge in [-0.1, -0.05) is 41.9 Å². The van der Waals surface area contributed by atoms with Crippen molar-refractivity contribution < 1.29 is 4.84 Å². The quantitative estimate of drug-likeness (QED) is 0.442. The highest BCUT2D eigenvalue weighted by molar-refractivity contribution is 6.20. The van der Waals surface area contributed by atoms with Gasteiger partial charge < -0.3 is 4.84 Å². The molecule has 0 saturated heterocycles. The first kappa shape index (κ1) is 9.52. The van der Waals surface area contributed by atoms with Gasteiger partial charge in [0.2, 0.25) is 0 Å². The molecule has 1 unspecified atom stereocenters. The van der Waals surface area contributed by atoms with Crippen LogP contribution in [0.25, 0.3) is 0 Å². The average molecular weight is 186 g/mol. The van der Waals surface area contributed by atoms with Gasteiger partial charge >= 0.3 is 0 Å². The third kappa shape index (κ3) is 2.81. The first-order chi connectivity index (χ1) is 5.84. The van der Waals surface area contributed by atoms with Gasteiger partial charge in [0.15, 0.2) is 0 Å². The Morgan fingerprint density at radius 1 is 1.42 bits per heavy atom. The van der Waals surface area contributed by atoms with Crippen molar-refractivity contribution in [3.8, 4) is 0 Å². The lowest BCUT2D eigenvalue weighted by molar-refractivity contribution is 0.0424. The summed E-state index contributed by atoms with van der Waals surface area (Å²) >= 11 is 5.95. The molecule has 0 aliphatic rings. The Bertz CT molecular complexity index is 215. The molecule has 0 heterocycles. The number of hydroxylamine groups is 1. The number of alkyl halides is 1. The van der Waals surface area contributed by atoms with E-state index in [0.717, 1.165) is 5.56 Å². The normalized spacial score (nSPS) is 12.8.